The largest absolute Gasteiger partial charge is 0.384 e. The molecule has 16 heavy (non-hydrogen) atoms. The van der Waals surface area contributed by atoms with Crippen LogP contribution < -0.4 is 5.32 Å². The Bertz CT molecular complexity index is 457. The van der Waals surface area contributed by atoms with Crippen LogP contribution in [0.3, 0.4) is 0 Å². The normalized spacial score (nSPS) is 11.5. The van der Waals surface area contributed by atoms with Crippen LogP contribution in [0.25, 0.3) is 0 Å². The van der Waals surface area contributed by atoms with Gasteiger partial charge in [-0.25, -0.2) is 0 Å². The lowest BCUT2D eigenvalue weighted by Gasteiger charge is -2.13. The van der Waals surface area contributed by atoms with Crippen molar-refractivity contribution in [3.8, 4) is 0 Å². The van der Waals surface area contributed by atoms with E-state index in [4.69, 9.17) is 4.55 Å². The molecule has 0 aliphatic carbocycles. The molecule has 0 heterocycles. The van der Waals surface area contributed by atoms with Crippen LogP contribution in [0.5, 0.6) is 0 Å². The molecule has 5 heteroatoms. The average molecular weight is 243 g/mol. The van der Waals surface area contributed by atoms with Crippen LogP contribution in [0.4, 0.5) is 5.69 Å². The summed E-state index contributed by atoms with van der Waals surface area (Å²) < 4.78 is 29.7. The fourth-order valence-electron chi connectivity index (χ4n) is 1.76. The Morgan fingerprint density at radius 2 is 1.69 bits per heavy atom. The third-order valence-corrected chi connectivity index (χ3v) is 3.06. The molecular weight excluding hydrogens is 226 g/mol. The summed E-state index contributed by atoms with van der Waals surface area (Å²) in [5.41, 5.74) is 4.27. The first-order chi connectivity index (χ1) is 7.29. The van der Waals surface area contributed by atoms with E-state index in [0.717, 1.165) is 16.8 Å². The van der Waals surface area contributed by atoms with Gasteiger partial charge in [-0.2, -0.15) is 8.42 Å². The molecule has 0 fully saturated rings. The number of rotatable bonds is 4. The Kier molecular flexibility index (Phi) is 3.93. The zero-order valence-corrected chi connectivity index (χ0v) is 10.6. The van der Waals surface area contributed by atoms with Gasteiger partial charge in [0.2, 0.25) is 0 Å². The summed E-state index contributed by atoms with van der Waals surface area (Å²) in [4.78, 5) is 0. The van der Waals surface area contributed by atoms with E-state index in [-0.39, 0.29) is 12.3 Å². The molecule has 2 N–H and O–H groups in total. The highest BCUT2D eigenvalue weighted by molar-refractivity contribution is 7.85. The molecule has 1 aromatic carbocycles. The monoisotopic (exact) mass is 243 g/mol. The molecule has 90 valence electrons. The molecule has 0 spiro atoms. The fourth-order valence-corrected chi connectivity index (χ4v) is 2.12. The van der Waals surface area contributed by atoms with E-state index in [1.807, 2.05) is 32.9 Å². The second-order valence-electron chi connectivity index (χ2n) is 3.99. The molecule has 0 amide bonds. The summed E-state index contributed by atoms with van der Waals surface area (Å²) in [7, 11) is -3.89. The van der Waals surface area contributed by atoms with E-state index >= 15 is 0 Å². The first-order valence-electron chi connectivity index (χ1n) is 5.06. The van der Waals surface area contributed by atoms with Gasteiger partial charge in [-0.05, 0) is 31.9 Å². The smallest absolute Gasteiger partial charge is 0.266 e. The molecule has 0 saturated carbocycles. The molecule has 0 bridgehead atoms. The van der Waals surface area contributed by atoms with Gasteiger partial charge in [0, 0.05) is 12.2 Å². The van der Waals surface area contributed by atoms with Crippen molar-refractivity contribution in [2.45, 2.75) is 20.8 Å². The highest BCUT2D eigenvalue weighted by Gasteiger charge is 2.06. The molecule has 0 aromatic heterocycles. The van der Waals surface area contributed by atoms with Crippen molar-refractivity contribution < 1.29 is 13.0 Å². The quantitative estimate of drug-likeness (QED) is 0.793. The zero-order chi connectivity index (χ0) is 12.3. The summed E-state index contributed by atoms with van der Waals surface area (Å²) >= 11 is 0. The van der Waals surface area contributed by atoms with Crippen LogP contribution in [-0.4, -0.2) is 25.3 Å². The number of hydrogen-bond acceptors (Lipinski definition) is 3. The minimum absolute atomic E-state index is 0.212. The van der Waals surface area contributed by atoms with E-state index in [2.05, 4.69) is 5.32 Å². The lowest BCUT2D eigenvalue weighted by atomic mass is 10.1. The van der Waals surface area contributed by atoms with Gasteiger partial charge < -0.3 is 5.32 Å². The predicted molar refractivity (Wildman–Crippen MR) is 65.6 cm³/mol. The summed E-state index contributed by atoms with van der Waals surface area (Å²) in [5, 5.41) is 3.03. The van der Waals surface area contributed by atoms with E-state index < -0.39 is 10.1 Å². The lowest BCUT2D eigenvalue weighted by molar-refractivity contribution is 0.484. The van der Waals surface area contributed by atoms with Crippen molar-refractivity contribution in [3.63, 3.8) is 0 Å². The molecular formula is C11H17NO3S. The standard InChI is InChI=1S/C11H17NO3S/c1-8-6-9(2)11(10(3)7-8)12-4-5-16(13,14)15/h6-7,12H,4-5H2,1-3H3,(H,13,14,15). The number of benzene rings is 1. The highest BCUT2D eigenvalue weighted by atomic mass is 32.2. The molecule has 0 aliphatic heterocycles. The van der Waals surface area contributed by atoms with Gasteiger partial charge >= 0.3 is 0 Å². The van der Waals surface area contributed by atoms with Crippen molar-refractivity contribution in [2.24, 2.45) is 0 Å². The van der Waals surface area contributed by atoms with Crippen molar-refractivity contribution in [1.29, 1.82) is 0 Å². The van der Waals surface area contributed by atoms with Crippen LogP contribution in [0.15, 0.2) is 12.1 Å². The Hall–Kier alpha value is -1.07. The first kappa shape index (κ1) is 13.0. The maximum absolute atomic E-state index is 10.6. The van der Waals surface area contributed by atoms with Crippen molar-refractivity contribution >= 4 is 15.8 Å². The van der Waals surface area contributed by atoms with Gasteiger partial charge in [0.1, 0.15) is 0 Å². The molecule has 0 atom stereocenters. The van der Waals surface area contributed by atoms with Gasteiger partial charge in [0.05, 0.1) is 5.75 Å². The van der Waals surface area contributed by atoms with Crippen molar-refractivity contribution in [1.82, 2.24) is 0 Å². The summed E-state index contributed by atoms with van der Waals surface area (Å²) in [6.45, 7) is 6.16. The number of hydrogen-bond donors (Lipinski definition) is 2. The first-order valence-corrected chi connectivity index (χ1v) is 6.67. The number of nitrogens with one attached hydrogen (secondary N) is 1. The number of anilines is 1. The van der Waals surface area contributed by atoms with Crippen LogP contribution in [-0.2, 0) is 10.1 Å². The Morgan fingerprint density at radius 1 is 1.19 bits per heavy atom. The van der Waals surface area contributed by atoms with Crippen LogP contribution in [0.1, 0.15) is 16.7 Å². The molecule has 0 radical (unpaired) electrons. The van der Waals surface area contributed by atoms with Crippen LogP contribution in [0, 0.1) is 20.8 Å². The van der Waals surface area contributed by atoms with Gasteiger partial charge in [0.15, 0.2) is 0 Å². The van der Waals surface area contributed by atoms with Crippen LogP contribution >= 0.6 is 0 Å². The van der Waals surface area contributed by atoms with E-state index in [0.29, 0.717) is 0 Å². The molecule has 4 nitrogen and oxygen atoms in total. The highest BCUT2D eigenvalue weighted by Crippen LogP contribution is 2.21. The maximum atomic E-state index is 10.6. The summed E-state index contributed by atoms with van der Waals surface area (Å²) in [6, 6.07) is 4.06. The van der Waals surface area contributed by atoms with Gasteiger partial charge in [0.25, 0.3) is 10.1 Å². The third kappa shape index (κ3) is 3.83. The topological polar surface area (TPSA) is 66.4 Å². The fraction of sp³-hybridized carbons (Fsp3) is 0.455. The minimum atomic E-state index is -3.89. The summed E-state index contributed by atoms with van der Waals surface area (Å²) in [5.74, 6) is -0.278. The predicted octanol–water partition coefficient (Wildman–Crippen LogP) is 1.91. The SMILES string of the molecule is Cc1cc(C)c(NCCS(=O)(=O)O)c(C)c1. The second kappa shape index (κ2) is 4.84. The Morgan fingerprint density at radius 3 is 2.12 bits per heavy atom. The number of aryl methyl sites for hydroxylation is 3. The molecule has 0 unspecified atom stereocenters. The van der Waals surface area contributed by atoms with Crippen molar-refractivity contribution in [2.75, 3.05) is 17.6 Å². The zero-order valence-electron chi connectivity index (χ0n) is 9.74. The molecule has 1 aromatic rings. The minimum Gasteiger partial charge on any atom is -0.384 e. The molecule has 0 saturated heterocycles. The average Bonchev–Trinajstić information content (AvgIpc) is 2.07. The van der Waals surface area contributed by atoms with Gasteiger partial charge in [-0.3, -0.25) is 4.55 Å². The summed E-state index contributed by atoms with van der Waals surface area (Å²) in [6.07, 6.45) is 0. The second-order valence-corrected chi connectivity index (χ2v) is 5.56. The molecule has 0 aliphatic rings. The Labute approximate surface area is 96.4 Å². The van der Waals surface area contributed by atoms with E-state index in [1.165, 1.54) is 5.56 Å². The van der Waals surface area contributed by atoms with Crippen molar-refractivity contribution in [3.05, 3.63) is 28.8 Å². The van der Waals surface area contributed by atoms with E-state index in [9.17, 15) is 8.42 Å². The maximum Gasteiger partial charge on any atom is 0.266 e. The third-order valence-electron chi connectivity index (χ3n) is 2.34. The van der Waals surface area contributed by atoms with Crippen LogP contribution in [0.2, 0.25) is 0 Å². The van der Waals surface area contributed by atoms with E-state index in [1.54, 1.807) is 0 Å². The molecule has 1 rings (SSSR count). The lowest BCUT2D eigenvalue weighted by Crippen LogP contribution is -2.15. The van der Waals surface area contributed by atoms with Gasteiger partial charge in [-0.1, -0.05) is 17.7 Å². The van der Waals surface area contributed by atoms with Gasteiger partial charge in [-0.15, -0.1) is 0 Å². The Balaban J connectivity index is 2.75.